The standard InChI is InChI=1S/C19H28N4O2/c1-12-16(10-21-18(20)22-12)17(25)23(2-3-24)11-19-7-13-4-14(8-19)6-15(5-13)9-19/h10,13-15,24H,2-9,11H2,1H3,(H2,20,21,22). The number of carbonyl (C=O) groups is 1. The number of hydrogen-bond donors (Lipinski definition) is 2. The molecule has 1 amide bonds. The smallest absolute Gasteiger partial charge is 0.257 e. The minimum absolute atomic E-state index is 0.0209. The van der Waals surface area contributed by atoms with E-state index in [1.807, 2.05) is 4.90 Å². The first-order chi connectivity index (χ1) is 12.0. The molecule has 0 unspecified atom stereocenters. The van der Waals surface area contributed by atoms with Crippen LogP contribution < -0.4 is 5.73 Å². The van der Waals surface area contributed by atoms with Crippen molar-refractivity contribution in [2.45, 2.75) is 45.4 Å². The van der Waals surface area contributed by atoms with Crippen molar-refractivity contribution in [3.63, 3.8) is 0 Å². The zero-order chi connectivity index (χ0) is 17.6. The van der Waals surface area contributed by atoms with Gasteiger partial charge in [-0.2, -0.15) is 0 Å². The first-order valence-corrected chi connectivity index (χ1v) is 9.47. The van der Waals surface area contributed by atoms with Crippen molar-refractivity contribution in [3.05, 3.63) is 17.5 Å². The SMILES string of the molecule is Cc1nc(N)ncc1C(=O)N(CCO)CC12CC3CC(CC(C3)C1)C2. The third-order valence-electron chi connectivity index (χ3n) is 6.58. The molecule has 4 fully saturated rings. The Morgan fingerprint density at radius 1 is 1.28 bits per heavy atom. The van der Waals surface area contributed by atoms with E-state index in [1.165, 1.54) is 44.7 Å². The van der Waals surface area contributed by atoms with E-state index in [4.69, 9.17) is 5.73 Å². The highest BCUT2D eigenvalue weighted by molar-refractivity contribution is 5.95. The number of aliphatic hydroxyl groups is 1. The highest BCUT2D eigenvalue weighted by Crippen LogP contribution is 2.60. The summed E-state index contributed by atoms with van der Waals surface area (Å²) in [4.78, 5) is 23.0. The largest absolute Gasteiger partial charge is 0.395 e. The van der Waals surface area contributed by atoms with Crippen molar-refractivity contribution < 1.29 is 9.90 Å². The van der Waals surface area contributed by atoms with Gasteiger partial charge >= 0.3 is 0 Å². The van der Waals surface area contributed by atoms with Gasteiger partial charge in [-0.1, -0.05) is 0 Å². The molecule has 4 saturated carbocycles. The second-order valence-corrected chi connectivity index (χ2v) is 8.60. The molecule has 0 atom stereocenters. The molecule has 1 aromatic rings. The Hall–Kier alpha value is -1.69. The van der Waals surface area contributed by atoms with Gasteiger partial charge in [-0.05, 0) is 68.6 Å². The van der Waals surface area contributed by atoms with Crippen LogP contribution in [-0.4, -0.2) is 45.6 Å². The normalized spacial score (nSPS) is 32.8. The van der Waals surface area contributed by atoms with E-state index in [1.54, 1.807) is 6.92 Å². The van der Waals surface area contributed by atoms with Crippen LogP contribution in [0.1, 0.15) is 54.6 Å². The average molecular weight is 344 g/mol. The number of carbonyl (C=O) groups excluding carboxylic acids is 1. The first kappa shape index (κ1) is 16.8. The van der Waals surface area contributed by atoms with Gasteiger partial charge in [0.05, 0.1) is 17.9 Å². The molecule has 4 bridgehead atoms. The Labute approximate surface area is 148 Å². The van der Waals surface area contributed by atoms with Gasteiger partial charge in [0.1, 0.15) is 0 Å². The number of aryl methyl sites for hydroxylation is 1. The fourth-order valence-electron chi connectivity index (χ4n) is 6.13. The second-order valence-electron chi connectivity index (χ2n) is 8.60. The lowest BCUT2D eigenvalue weighted by Gasteiger charge is -2.57. The number of nitrogens with zero attached hydrogens (tertiary/aromatic N) is 3. The van der Waals surface area contributed by atoms with Crippen molar-refractivity contribution in [1.82, 2.24) is 14.9 Å². The van der Waals surface area contributed by atoms with E-state index < -0.39 is 0 Å². The van der Waals surface area contributed by atoms with E-state index in [2.05, 4.69) is 9.97 Å². The maximum Gasteiger partial charge on any atom is 0.257 e. The summed E-state index contributed by atoms with van der Waals surface area (Å²) in [5, 5.41) is 9.51. The monoisotopic (exact) mass is 344 g/mol. The number of hydrogen-bond acceptors (Lipinski definition) is 5. The number of nitrogens with two attached hydrogens (primary N) is 1. The van der Waals surface area contributed by atoms with Crippen molar-refractivity contribution in [1.29, 1.82) is 0 Å². The Kier molecular flexibility index (Phi) is 4.18. The Balaban J connectivity index is 1.56. The third kappa shape index (κ3) is 3.12. The molecule has 4 aliphatic rings. The quantitative estimate of drug-likeness (QED) is 0.852. The van der Waals surface area contributed by atoms with Gasteiger partial charge in [0, 0.05) is 19.3 Å². The summed E-state index contributed by atoms with van der Waals surface area (Å²) in [7, 11) is 0. The van der Waals surface area contributed by atoms with Crippen LogP contribution in [0, 0.1) is 30.1 Å². The predicted molar refractivity (Wildman–Crippen MR) is 94.8 cm³/mol. The summed E-state index contributed by atoms with van der Waals surface area (Å²) < 4.78 is 0. The van der Waals surface area contributed by atoms with Crippen LogP contribution in [0.5, 0.6) is 0 Å². The summed E-state index contributed by atoms with van der Waals surface area (Å²) in [6, 6.07) is 0. The van der Waals surface area contributed by atoms with Gasteiger partial charge in [-0.3, -0.25) is 4.79 Å². The number of aromatic nitrogens is 2. The van der Waals surface area contributed by atoms with Crippen LogP contribution in [0.15, 0.2) is 6.20 Å². The van der Waals surface area contributed by atoms with Crippen molar-refractivity contribution >= 4 is 11.9 Å². The molecule has 4 aliphatic carbocycles. The van der Waals surface area contributed by atoms with E-state index >= 15 is 0 Å². The Morgan fingerprint density at radius 2 is 1.88 bits per heavy atom. The lowest BCUT2D eigenvalue weighted by Crippen LogP contribution is -2.52. The molecule has 6 nitrogen and oxygen atoms in total. The predicted octanol–water partition coefficient (Wildman–Crippen LogP) is 2.02. The molecule has 136 valence electrons. The zero-order valence-corrected chi connectivity index (χ0v) is 14.9. The molecule has 1 heterocycles. The third-order valence-corrected chi connectivity index (χ3v) is 6.58. The molecule has 0 aliphatic heterocycles. The Bertz CT molecular complexity index is 640. The van der Waals surface area contributed by atoms with Gasteiger partial charge in [-0.15, -0.1) is 0 Å². The van der Waals surface area contributed by atoms with Gasteiger partial charge in [0.2, 0.25) is 5.95 Å². The fourth-order valence-corrected chi connectivity index (χ4v) is 6.13. The van der Waals surface area contributed by atoms with Crippen LogP contribution in [-0.2, 0) is 0 Å². The summed E-state index contributed by atoms with van der Waals surface area (Å²) in [5.41, 5.74) is 6.96. The van der Waals surface area contributed by atoms with Gasteiger partial charge in [0.15, 0.2) is 0 Å². The van der Waals surface area contributed by atoms with Crippen molar-refractivity contribution in [2.24, 2.45) is 23.2 Å². The topological polar surface area (TPSA) is 92.3 Å². The summed E-state index contributed by atoms with van der Waals surface area (Å²) in [5.74, 6) is 2.64. The lowest BCUT2D eigenvalue weighted by atomic mass is 9.49. The number of nitrogen functional groups attached to an aromatic ring is 1. The van der Waals surface area contributed by atoms with E-state index in [9.17, 15) is 9.90 Å². The molecule has 0 saturated heterocycles. The average Bonchev–Trinajstić information content (AvgIpc) is 2.52. The summed E-state index contributed by atoms with van der Waals surface area (Å²) in [6.45, 7) is 2.88. The molecule has 1 aromatic heterocycles. The van der Waals surface area contributed by atoms with Gasteiger partial charge in [-0.25, -0.2) is 9.97 Å². The van der Waals surface area contributed by atoms with Gasteiger partial charge < -0.3 is 15.7 Å². The highest BCUT2D eigenvalue weighted by Gasteiger charge is 2.51. The number of aliphatic hydroxyl groups excluding tert-OH is 1. The van der Waals surface area contributed by atoms with Crippen molar-refractivity contribution in [3.8, 4) is 0 Å². The molecule has 0 spiro atoms. The summed E-state index contributed by atoms with van der Waals surface area (Å²) in [6.07, 6.45) is 9.40. The maximum atomic E-state index is 13.1. The Morgan fingerprint density at radius 3 is 2.40 bits per heavy atom. The molecular weight excluding hydrogens is 316 g/mol. The molecular formula is C19H28N4O2. The van der Waals surface area contributed by atoms with Crippen LogP contribution in [0.25, 0.3) is 0 Å². The van der Waals surface area contributed by atoms with Gasteiger partial charge in [0.25, 0.3) is 5.91 Å². The van der Waals surface area contributed by atoms with Crippen LogP contribution >= 0.6 is 0 Å². The van der Waals surface area contributed by atoms with Crippen molar-refractivity contribution in [2.75, 3.05) is 25.4 Å². The van der Waals surface area contributed by atoms with Crippen LogP contribution in [0.4, 0.5) is 5.95 Å². The molecule has 6 heteroatoms. The zero-order valence-electron chi connectivity index (χ0n) is 14.9. The minimum Gasteiger partial charge on any atom is -0.395 e. The number of anilines is 1. The van der Waals surface area contributed by atoms with E-state index in [0.717, 1.165) is 24.3 Å². The molecule has 0 aromatic carbocycles. The highest BCUT2D eigenvalue weighted by atomic mass is 16.3. The van der Waals surface area contributed by atoms with E-state index in [0.29, 0.717) is 17.8 Å². The molecule has 3 N–H and O–H groups in total. The van der Waals surface area contributed by atoms with E-state index in [-0.39, 0.29) is 23.9 Å². The maximum absolute atomic E-state index is 13.1. The fraction of sp³-hybridized carbons (Fsp3) is 0.737. The van der Waals surface area contributed by atoms with Crippen LogP contribution in [0.3, 0.4) is 0 Å². The molecule has 25 heavy (non-hydrogen) atoms. The summed E-state index contributed by atoms with van der Waals surface area (Å²) >= 11 is 0. The number of amides is 1. The van der Waals surface area contributed by atoms with Crippen LogP contribution in [0.2, 0.25) is 0 Å². The minimum atomic E-state index is -0.0812. The molecule has 5 rings (SSSR count). The number of rotatable bonds is 5. The molecule has 0 radical (unpaired) electrons. The second kappa shape index (κ2) is 6.24. The lowest BCUT2D eigenvalue weighted by molar-refractivity contribution is -0.0662. The first-order valence-electron chi connectivity index (χ1n) is 9.47.